The number of fused-ring (bicyclic) bond motifs is 1. The molecule has 3 heterocycles. The van der Waals surface area contributed by atoms with Crippen LogP contribution in [0.3, 0.4) is 0 Å². The molecule has 26 heavy (non-hydrogen) atoms. The van der Waals surface area contributed by atoms with E-state index in [1.807, 2.05) is 12.1 Å². The minimum Gasteiger partial charge on any atom is -0.380 e. The SMILES string of the molecule is O=C(c1ccccc1F)N1C[C@@H]2COC[C@]2(COCc2ccncc2)C1. The molecular formula is C20H21FN2O3. The first kappa shape index (κ1) is 17.1. The van der Waals surface area contributed by atoms with Crippen molar-refractivity contribution < 1.29 is 18.7 Å². The molecule has 0 radical (unpaired) electrons. The fourth-order valence-corrected chi connectivity index (χ4v) is 3.85. The van der Waals surface area contributed by atoms with Crippen LogP contribution in [0.4, 0.5) is 4.39 Å². The molecule has 0 N–H and O–H groups in total. The summed E-state index contributed by atoms with van der Waals surface area (Å²) in [4.78, 5) is 18.5. The Bertz CT molecular complexity index is 786. The molecule has 0 spiro atoms. The van der Waals surface area contributed by atoms with Crippen LogP contribution in [0.15, 0.2) is 48.8 Å². The predicted molar refractivity (Wildman–Crippen MR) is 92.9 cm³/mol. The van der Waals surface area contributed by atoms with Crippen LogP contribution < -0.4 is 0 Å². The van der Waals surface area contributed by atoms with Crippen molar-refractivity contribution in [1.29, 1.82) is 0 Å². The highest BCUT2D eigenvalue weighted by Crippen LogP contribution is 2.42. The van der Waals surface area contributed by atoms with Crippen molar-refractivity contribution in [3.63, 3.8) is 0 Å². The van der Waals surface area contributed by atoms with Gasteiger partial charge in [-0.3, -0.25) is 9.78 Å². The molecule has 5 nitrogen and oxygen atoms in total. The van der Waals surface area contributed by atoms with E-state index in [2.05, 4.69) is 4.98 Å². The summed E-state index contributed by atoms with van der Waals surface area (Å²) in [5.74, 6) is -0.518. The number of carbonyl (C=O) groups excluding carboxylic acids is 1. The van der Waals surface area contributed by atoms with Gasteiger partial charge in [0.05, 0.1) is 32.0 Å². The van der Waals surface area contributed by atoms with Crippen molar-refractivity contribution in [2.45, 2.75) is 6.61 Å². The number of nitrogens with zero attached hydrogens (tertiary/aromatic N) is 2. The maximum Gasteiger partial charge on any atom is 0.256 e. The second-order valence-corrected chi connectivity index (χ2v) is 7.09. The first-order valence-electron chi connectivity index (χ1n) is 8.76. The lowest BCUT2D eigenvalue weighted by atomic mass is 9.82. The van der Waals surface area contributed by atoms with Crippen molar-refractivity contribution >= 4 is 5.91 Å². The molecule has 1 aromatic heterocycles. The largest absolute Gasteiger partial charge is 0.380 e. The Morgan fingerprint density at radius 3 is 2.92 bits per heavy atom. The van der Waals surface area contributed by atoms with E-state index < -0.39 is 5.82 Å². The third kappa shape index (κ3) is 3.22. The van der Waals surface area contributed by atoms with E-state index in [4.69, 9.17) is 9.47 Å². The van der Waals surface area contributed by atoms with Gasteiger partial charge in [0.15, 0.2) is 0 Å². The van der Waals surface area contributed by atoms with Crippen molar-refractivity contribution in [3.05, 3.63) is 65.7 Å². The number of aromatic nitrogens is 1. The summed E-state index contributed by atoms with van der Waals surface area (Å²) in [6, 6.07) is 9.97. The Balaban J connectivity index is 1.43. The van der Waals surface area contributed by atoms with Crippen LogP contribution in [-0.4, -0.2) is 48.7 Å². The molecule has 0 bridgehead atoms. The Hall–Kier alpha value is -2.31. The third-order valence-corrected chi connectivity index (χ3v) is 5.32. The van der Waals surface area contributed by atoms with E-state index in [1.54, 1.807) is 29.4 Å². The number of likely N-dealkylation sites (tertiary alicyclic amines) is 1. The lowest BCUT2D eigenvalue weighted by molar-refractivity contribution is 0.0186. The van der Waals surface area contributed by atoms with E-state index in [1.165, 1.54) is 12.1 Å². The average molecular weight is 356 g/mol. The summed E-state index contributed by atoms with van der Waals surface area (Å²) in [6.07, 6.45) is 3.48. The van der Waals surface area contributed by atoms with Crippen LogP contribution in [0.5, 0.6) is 0 Å². The molecule has 1 aromatic carbocycles. The number of amides is 1. The van der Waals surface area contributed by atoms with Gasteiger partial charge < -0.3 is 14.4 Å². The van der Waals surface area contributed by atoms with Gasteiger partial charge in [0.25, 0.3) is 5.91 Å². The van der Waals surface area contributed by atoms with Gasteiger partial charge in [0.2, 0.25) is 0 Å². The first-order chi connectivity index (χ1) is 12.7. The number of benzene rings is 1. The molecule has 0 aliphatic carbocycles. The molecular weight excluding hydrogens is 335 g/mol. The monoisotopic (exact) mass is 356 g/mol. The summed E-state index contributed by atoms with van der Waals surface area (Å²) < 4.78 is 25.6. The van der Waals surface area contributed by atoms with Crippen LogP contribution >= 0.6 is 0 Å². The van der Waals surface area contributed by atoms with E-state index in [9.17, 15) is 9.18 Å². The van der Waals surface area contributed by atoms with Gasteiger partial charge in [-0.25, -0.2) is 4.39 Å². The van der Waals surface area contributed by atoms with Gasteiger partial charge in [-0.05, 0) is 29.8 Å². The predicted octanol–water partition coefficient (Wildman–Crippen LogP) is 2.53. The molecule has 0 saturated carbocycles. The topological polar surface area (TPSA) is 51.7 Å². The first-order valence-corrected chi connectivity index (χ1v) is 8.76. The van der Waals surface area contributed by atoms with Gasteiger partial charge in [-0.1, -0.05) is 12.1 Å². The number of ether oxygens (including phenoxy) is 2. The molecule has 2 fully saturated rings. The Kier molecular flexibility index (Phi) is 4.70. The van der Waals surface area contributed by atoms with Crippen LogP contribution in [0, 0.1) is 17.2 Å². The quantitative estimate of drug-likeness (QED) is 0.826. The number of hydrogen-bond acceptors (Lipinski definition) is 4. The molecule has 2 aliphatic rings. The molecule has 4 rings (SSSR count). The van der Waals surface area contributed by atoms with Crippen LogP contribution in [0.2, 0.25) is 0 Å². The summed E-state index contributed by atoms with van der Waals surface area (Å²) in [5.41, 5.74) is 0.971. The van der Waals surface area contributed by atoms with Crippen molar-refractivity contribution in [2.24, 2.45) is 11.3 Å². The van der Waals surface area contributed by atoms with Crippen LogP contribution in [0.1, 0.15) is 15.9 Å². The van der Waals surface area contributed by atoms with E-state index >= 15 is 0 Å². The second kappa shape index (κ2) is 7.13. The summed E-state index contributed by atoms with van der Waals surface area (Å²) in [6.45, 7) is 3.29. The fraction of sp³-hybridized carbons (Fsp3) is 0.400. The third-order valence-electron chi connectivity index (χ3n) is 5.32. The Labute approximate surface area is 151 Å². The zero-order chi connectivity index (χ0) is 18.0. The van der Waals surface area contributed by atoms with Crippen LogP contribution in [0.25, 0.3) is 0 Å². The molecule has 2 saturated heterocycles. The molecule has 0 unspecified atom stereocenters. The maximum absolute atomic E-state index is 14.0. The summed E-state index contributed by atoms with van der Waals surface area (Å²) in [5, 5.41) is 0. The number of hydrogen-bond donors (Lipinski definition) is 0. The van der Waals surface area contributed by atoms with Gasteiger partial charge in [-0.15, -0.1) is 0 Å². The van der Waals surface area contributed by atoms with Crippen molar-refractivity contribution in [1.82, 2.24) is 9.88 Å². The molecule has 2 atom stereocenters. The normalized spacial score (nSPS) is 24.7. The van der Waals surface area contributed by atoms with Gasteiger partial charge in [0, 0.05) is 36.8 Å². The summed E-state index contributed by atoms with van der Waals surface area (Å²) >= 11 is 0. The zero-order valence-corrected chi connectivity index (χ0v) is 14.4. The van der Waals surface area contributed by atoms with Crippen molar-refractivity contribution in [3.8, 4) is 0 Å². The minimum absolute atomic E-state index is 0.126. The standard InChI is InChI=1S/C20H21FN2O3/c21-18-4-2-1-3-17(18)19(24)23-9-16-11-26-14-20(16,12-23)13-25-10-15-5-7-22-8-6-15/h1-8,16H,9-14H2/t16-,20-/m1/s1. The van der Waals surface area contributed by atoms with Gasteiger partial charge in [-0.2, -0.15) is 0 Å². The van der Waals surface area contributed by atoms with Gasteiger partial charge >= 0.3 is 0 Å². The number of halogens is 1. The molecule has 2 aromatic rings. The lowest BCUT2D eigenvalue weighted by Gasteiger charge is -2.27. The highest BCUT2D eigenvalue weighted by molar-refractivity contribution is 5.94. The zero-order valence-electron chi connectivity index (χ0n) is 14.4. The average Bonchev–Trinajstić information content (AvgIpc) is 3.20. The molecule has 136 valence electrons. The van der Waals surface area contributed by atoms with E-state index in [0.29, 0.717) is 39.5 Å². The highest BCUT2D eigenvalue weighted by atomic mass is 19.1. The fourth-order valence-electron chi connectivity index (χ4n) is 3.85. The smallest absolute Gasteiger partial charge is 0.256 e. The molecule has 2 aliphatic heterocycles. The lowest BCUT2D eigenvalue weighted by Crippen LogP contribution is -2.37. The number of rotatable bonds is 5. The number of carbonyl (C=O) groups is 1. The number of pyridine rings is 1. The Morgan fingerprint density at radius 2 is 2.12 bits per heavy atom. The minimum atomic E-state index is -0.478. The van der Waals surface area contributed by atoms with E-state index in [-0.39, 0.29) is 22.8 Å². The second-order valence-electron chi connectivity index (χ2n) is 7.09. The van der Waals surface area contributed by atoms with E-state index in [0.717, 1.165) is 5.56 Å². The molecule has 6 heteroatoms. The van der Waals surface area contributed by atoms with Crippen molar-refractivity contribution in [2.75, 3.05) is 32.9 Å². The Morgan fingerprint density at radius 1 is 1.31 bits per heavy atom. The van der Waals surface area contributed by atoms with Gasteiger partial charge in [0.1, 0.15) is 5.82 Å². The van der Waals surface area contributed by atoms with Crippen LogP contribution in [-0.2, 0) is 16.1 Å². The maximum atomic E-state index is 14.0. The highest BCUT2D eigenvalue weighted by Gasteiger charge is 2.52. The molecule has 1 amide bonds. The summed E-state index contributed by atoms with van der Waals surface area (Å²) in [7, 11) is 0.